The minimum absolute atomic E-state index is 0.0206. The van der Waals surface area contributed by atoms with E-state index in [1.165, 1.54) is 15.6 Å². The van der Waals surface area contributed by atoms with E-state index in [9.17, 15) is 13.2 Å². The third-order valence-corrected chi connectivity index (χ3v) is 7.26. The zero-order valence-corrected chi connectivity index (χ0v) is 15.3. The Balaban J connectivity index is 1.63. The molecule has 1 aliphatic heterocycles. The molecule has 2 heterocycles. The van der Waals surface area contributed by atoms with Crippen LogP contribution in [0.3, 0.4) is 0 Å². The first-order valence-corrected chi connectivity index (χ1v) is 10.5. The quantitative estimate of drug-likeness (QED) is 0.810. The van der Waals surface area contributed by atoms with Gasteiger partial charge in [-0.05, 0) is 31.4 Å². The number of sulfonamides is 1. The zero-order valence-electron chi connectivity index (χ0n) is 13.6. The molecule has 1 aromatic carbocycles. The smallest absolute Gasteiger partial charge is 0.248 e. The van der Waals surface area contributed by atoms with Crippen molar-refractivity contribution in [1.82, 2.24) is 8.87 Å². The molecule has 1 saturated heterocycles. The lowest BCUT2D eigenvalue weighted by Crippen LogP contribution is -2.30. The molecule has 1 aromatic heterocycles. The standard InChI is InChI=1S/C16H21N3O3S2/c1-18-13-7-2-3-8-14(13)23-16(18)17-15(20)9-6-12-24(21,22)19-10-4-5-11-19/h2-3,7-8H,4-6,9-12H2,1H3. The van der Waals surface area contributed by atoms with Crippen molar-refractivity contribution in [3.05, 3.63) is 29.1 Å². The fourth-order valence-electron chi connectivity index (χ4n) is 2.85. The van der Waals surface area contributed by atoms with E-state index in [1.807, 2.05) is 35.9 Å². The number of carbonyl (C=O) groups excluding carboxylic acids is 1. The monoisotopic (exact) mass is 367 g/mol. The van der Waals surface area contributed by atoms with Crippen LogP contribution in [-0.4, -0.2) is 42.0 Å². The Morgan fingerprint density at radius 2 is 1.96 bits per heavy atom. The number of aryl methyl sites for hydroxylation is 1. The highest BCUT2D eigenvalue weighted by molar-refractivity contribution is 7.89. The first-order chi connectivity index (χ1) is 11.5. The van der Waals surface area contributed by atoms with Crippen molar-refractivity contribution < 1.29 is 13.2 Å². The SMILES string of the molecule is Cn1c(=NC(=O)CCCS(=O)(=O)N2CCCC2)sc2ccccc21. The molecular formula is C16H21N3O3S2. The maximum atomic E-state index is 12.1. The highest BCUT2D eigenvalue weighted by Crippen LogP contribution is 2.16. The Labute approximate surface area is 145 Å². The number of carbonyl (C=O) groups is 1. The van der Waals surface area contributed by atoms with Gasteiger partial charge in [-0.3, -0.25) is 4.79 Å². The second-order valence-corrected chi connectivity index (χ2v) is 9.04. The number of aromatic nitrogens is 1. The van der Waals surface area contributed by atoms with Crippen LogP contribution >= 0.6 is 11.3 Å². The van der Waals surface area contributed by atoms with Crippen molar-refractivity contribution in [3.8, 4) is 0 Å². The topological polar surface area (TPSA) is 71.7 Å². The molecule has 6 nitrogen and oxygen atoms in total. The molecule has 1 aliphatic rings. The van der Waals surface area contributed by atoms with Crippen molar-refractivity contribution in [2.45, 2.75) is 25.7 Å². The number of fused-ring (bicyclic) bond motifs is 1. The molecule has 0 saturated carbocycles. The summed E-state index contributed by atoms with van der Waals surface area (Å²) >= 11 is 1.46. The Bertz CT molecular complexity index is 906. The van der Waals surface area contributed by atoms with Crippen molar-refractivity contribution in [3.63, 3.8) is 0 Å². The Hall–Kier alpha value is -1.51. The van der Waals surface area contributed by atoms with Crippen LogP contribution in [0.25, 0.3) is 10.2 Å². The van der Waals surface area contributed by atoms with Crippen LogP contribution in [0.1, 0.15) is 25.7 Å². The zero-order chi connectivity index (χ0) is 17.2. The highest BCUT2D eigenvalue weighted by Gasteiger charge is 2.24. The van der Waals surface area contributed by atoms with Crippen LogP contribution in [0.4, 0.5) is 0 Å². The second kappa shape index (κ2) is 7.16. The Morgan fingerprint density at radius 3 is 2.67 bits per heavy atom. The molecule has 24 heavy (non-hydrogen) atoms. The molecule has 0 spiro atoms. The van der Waals surface area contributed by atoms with Gasteiger partial charge in [-0.1, -0.05) is 23.5 Å². The van der Waals surface area contributed by atoms with Gasteiger partial charge in [-0.15, -0.1) is 0 Å². The largest absolute Gasteiger partial charge is 0.319 e. The van der Waals surface area contributed by atoms with Crippen LogP contribution in [0.2, 0.25) is 0 Å². The predicted molar refractivity (Wildman–Crippen MR) is 95.2 cm³/mol. The highest BCUT2D eigenvalue weighted by atomic mass is 32.2. The number of thiazole rings is 1. The molecule has 0 atom stereocenters. The summed E-state index contributed by atoms with van der Waals surface area (Å²) in [5.74, 6) is -0.249. The van der Waals surface area contributed by atoms with E-state index in [0.717, 1.165) is 23.1 Å². The Morgan fingerprint density at radius 1 is 1.25 bits per heavy atom. The summed E-state index contributed by atoms with van der Waals surface area (Å²) in [6.45, 7) is 1.22. The summed E-state index contributed by atoms with van der Waals surface area (Å²) in [6, 6.07) is 7.88. The van der Waals surface area contributed by atoms with E-state index in [2.05, 4.69) is 4.99 Å². The second-order valence-electron chi connectivity index (χ2n) is 5.94. The van der Waals surface area contributed by atoms with Gasteiger partial charge < -0.3 is 4.57 Å². The van der Waals surface area contributed by atoms with Crippen LogP contribution in [0, 0.1) is 0 Å². The molecule has 0 radical (unpaired) electrons. The molecule has 1 amide bonds. The summed E-state index contributed by atoms with van der Waals surface area (Å²) in [7, 11) is -1.34. The first-order valence-electron chi connectivity index (χ1n) is 8.07. The molecule has 1 fully saturated rings. The van der Waals surface area contributed by atoms with Crippen molar-refractivity contribution in [2.75, 3.05) is 18.8 Å². The van der Waals surface area contributed by atoms with Gasteiger partial charge in [-0.25, -0.2) is 12.7 Å². The fraction of sp³-hybridized carbons (Fsp3) is 0.500. The minimum Gasteiger partial charge on any atom is -0.319 e. The molecule has 0 bridgehead atoms. The van der Waals surface area contributed by atoms with E-state index in [-0.39, 0.29) is 18.1 Å². The number of amides is 1. The Kier molecular flexibility index (Phi) is 5.17. The summed E-state index contributed by atoms with van der Waals surface area (Å²) < 4.78 is 28.7. The molecule has 0 N–H and O–H groups in total. The molecule has 130 valence electrons. The van der Waals surface area contributed by atoms with Crippen LogP contribution in [0.5, 0.6) is 0 Å². The van der Waals surface area contributed by atoms with E-state index < -0.39 is 10.0 Å². The van der Waals surface area contributed by atoms with Gasteiger partial charge in [-0.2, -0.15) is 4.99 Å². The molecule has 3 rings (SSSR count). The van der Waals surface area contributed by atoms with Crippen molar-refractivity contribution in [1.29, 1.82) is 0 Å². The number of hydrogen-bond donors (Lipinski definition) is 0. The maximum Gasteiger partial charge on any atom is 0.248 e. The average Bonchev–Trinajstić information content (AvgIpc) is 3.18. The van der Waals surface area contributed by atoms with Gasteiger partial charge in [0.2, 0.25) is 15.9 Å². The number of rotatable bonds is 5. The lowest BCUT2D eigenvalue weighted by atomic mass is 10.3. The number of benzene rings is 1. The van der Waals surface area contributed by atoms with E-state index in [0.29, 0.717) is 24.3 Å². The number of para-hydroxylation sites is 1. The maximum absolute atomic E-state index is 12.1. The molecule has 0 aliphatic carbocycles. The normalized spacial score (nSPS) is 17.0. The molecule has 2 aromatic rings. The molecular weight excluding hydrogens is 346 g/mol. The molecule has 8 heteroatoms. The fourth-order valence-corrected chi connectivity index (χ4v) is 5.47. The van der Waals surface area contributed by atoms with E-state index >= 15 is 0 Å². The third kappa shape index (κ3) is 3.76. The predicted octanol–water partition coefficient (Wildman–Crippen LogP) is 1.87. The van der Waals surface area contributed by atoms with Gasteiger partial charge in [0.15, 0.2) is 4.80 Å². The first kappa shape index (κ1) is 17.3. The summed E-state index contributed by atoms with van der Waals surface area (Å²) in [6.07, 6.45) is 2.32. The number of nitrogens with zero attached hydrogens (tertiary/aromatic N) is 3. The van der Waals surface area contributed by atoms with E-state index in [4.69, 9.17) is 0 Å². The summed E-state index contributed by atoms with van der Waals surface area (Å²) in [5.41, 5.74) is 1.03. The van der Waals surface area contributed by atoms with Gasteiger partial charge in [0.05, 0.1) is 16.0 Å². The number of hydrogen-bond acceptors (Lipinski definition) is 4. The van der Waals surface area contributed by atoms with Crippen LogP contribution in [-0.2, 0) is 21.9 Å². The lowest BCUT2D eigenvalue weighted by molar-refractivity contribution is -0.118. The van der Waals surface area contributed by atoms with Gasteiger partial charge in [0.25, 0.3) is 0 Å². The van der Waals surface area contributed by atoms with Crippen molar-refractivity contribution >= 4 is 37.5 Å². The lowest BCUT2D eigenvalue weighted by Gasteiger charge is -2.14. The van der Waals surface area contributed by atoms with Gasteiger partial charge in [0, 0.05) is 26.6 Å². The third-order valence-electron chi connectivity index (χ3n) is 4.19. The summed E-state index contributed by atoms with van der Waals surface area (Å²) in [4.78, 5) is 16.9. The van der Waals surface area contributed by atoms with Gasteiger partial charge >= 0.3 is 0 Å². The van der Waals surface area contributed by atoms with Gasteiger partial charge in [0.1, 0.15) is 0 Å². The molecule has 0 unspecified atom stereocenters. The van der Waals surface area contributed by atoms with E-state index in [1.54, 1.807) is 0 Å². The van der Waals surface area contributed by atoms with Crippen LogP contribution in [0.15, 0.2) is 29.3 Å². The van der Waals surface area contributed by atoms with Crippen LogP contribution < -0.4 is 4.80 Å². The average molecular weight is 367 g/mol. The van der Waals surface area contributed by atoms with Crippen molar-refractivity contribution in [2.24, 2.45) is 12.0 Å². The minimum atomic E-state index is -3.22. The summed E-state index contributed by atoms with van der Waals surface area (Å²) in [5, 5.41) is 0.